The largest absolute Gasteiger partial charge is 0.416 e. The molecule has 1 aromatic rings. The maximum Gasteiger partial charge on any atom is 0.416 e. The number of thioether (sulfide) groups is 1. The molecule has 1 saturated heterocycles. The van der Waals surface area contributed by atoms with Gasteiger partial charge in [0.25, 0.3) is 0 Å². The Morgan fingerprint density at radius 1 is 0.875 bits per heavy atom. The van der Waals surface area contributed by atoms with Crippen molar-refractivity contribution in [2.45, 2.75) is 134 Å². The number of likely N-dealkylation sites (tertiary alicyclic amines) is 1. The lowest BCUT2D eigenvalue weighted by Gasteiger charge is -2.22. The molecule has 1 heterocycles. The SMILES string of the molecule is C=CC.C=CCCCCC(CSc1ccc(C(F)(F)F)cc1)CN1C(=O)CCC1=O.CCCCN(C)CCCCCCCCCCCN. The maximum absolute atomic E-state index is 12.7. The Bertz CT molecular complexity index is 956. The number of nitrogens with two attached hydrogens (primary N) is 1. The second-order valence-corrected chi connectivity index (χ2v) is 13.8. The number of unbranched alkanes of at least 4 members (excludes halogenated alkanes) is 11. The number of amides is 2. The summed E-state index contributed by atoms with van der Waals surface area (Å²) < 4.78 is 38.0. The summed E-state index contributed by atoms with van der Waals surface area (Å²) in [6.07, 6.45) is 18.6. The van der Waals surface area contributed by atoms with Crippen LogP contribution in [-0.2, 0) is 15.8 Å². The van der Waals surface area contributed by atoms with Crippen molar-refractivity contribution < 1.29 is 22.8 Å². The summed E-state index contributed by atoms with van der Waals surface area (Å²) in [6.45, 7) is 15.0. The molecule has 5 nitrogen and oxygen atoms in total. The van der Waals surface area contributed by atoms with Gasteiger partial charge in [-0.25, -0.2) is 0 Å². The number of nitrogens with zero attached hydrogens (tertiary/aromatic N) is 2. The first-order valence-electron chi connectivity index (χ1n) is 18.2. The Kier molecular flexibility index (Phi) is 28.5. The van der Waals surface area contributed by atoms with E-state index < -0.39 is 11.7 Å². The van der Waals surface area contributed by atoms with Crippen molar-refractivity contribution in [2.75, 3.05) is 39.0 Å². The Balaban J connectivity index is 0.000000914. The van der Waals surface area contributed by atoms with Crippen LogP contribution in [0.1, 0.15) is 129 Å². The lowest BCUT2D eigenvalue weighted by atomic mass is 10.0. The van der Waals surface area contributed by atoms with Gasteiger partial charge in [0.05, 0.1) is 5.56 Å². The Morgan fingerprint density at radius 3 is 1.90 bits per heavy atom. The van der Waals surface area contributed by atoms with Gasteiger partial charge >= 0.3 is 6.18 Å². The maximum atomic E-state index is 12.7. The highest BCUT2D eigenvalue weighted by Gasteiger charge is 2.31. The number of halogens is 3. The van der Waals surface area contributed by atoms with E-state index in [9.17, 15) is 22.8 Å². The van der Waals surface area contributed by atoms with Crippen LogP contribution in [0, 0.1) is 5.92 Å². The quantitative estimate of drug-likeness (QED) is 0.0504. The van der Waals surface area contributed by atoms with E-state index in [0.717, 1.165) is 49.3 Å². The summed E-state index contributed by atoms with van der Waals surface area (Å²) in [6, 6.07) is 5.09. The normalized spacial score (nSPS) is 13.5. The van der Waals surface area contributed by atoms with Crippen LogP contribution in [0.5, 0.6) is 0 Å². The molecule has 1 fully saturated rings. The highest BCUT2D eigenvalue weighted by molar-refractivity contribution is 7.99. The van der Waals surface area contributed by atoms with Gasteiger partial charge in [0, 0.05) is 30.0 Å². The molecule has 1 aliphatic rings. The summed E-state index contributed by atoms with van der Waals surface area (Å²) in [7, 11) is 2.26. The highest BCUT2D eigenvalue weighted by Crippen LogP contribution is 2.32. The van der Waals surface area contributed by atoms with Crippen molar-refractivity contribution in [3.8, 4) is 0 Å². The van der Waals surface area contributed by atoms with Crippen molar-refractivity contribution >= 4 is 23.6 Å². The molecule has 0 spiro atoms. The predicted octanol–water partition coefficient (Wildman–Crippen LogP) is 10.7. The minimum atomic E-state index is -4.34. The van der Waals surface area contributed by atoms with Gasteiger partial charge < -0.3 is 10.6 Å². The molecule has 1 aliphatic heterocycles. The topological polar surface area (TPSA) is 66.6 Å². The Morgan fingerprint density at radius 2 is 1.40 bits per heavy atom. The first-order chi connectivity index (χ1) is 23.0. The predicted molar refractivity (Wildman–Crippen MR) is 199 cm³/mol. The van der Waals surface area contributed by atoms with Gasteiger partial charge in [0.2, 0.25) is 11.8 Å². The van der Waals surface area contributed by atoms with E-state index in [-0.39, 0.29) is 30.6 Å². The van der Waals surface area contributed by atoms with Gasteiger partial charge in [-0.2, -0.15) is 13.2 Å². The number of imide groups is 1. The van der Waals surface area contributed by atoms with Gasteiger partial charge in [-0.15, -0.1) is 24.9 Å². The summed E-state index contributed by atoms with van der Waals surface area (Å²) in [5.41, 5.74) is 4.81. The Labute approximate surface area is 295 Å². The Hall–Kier alpha value is -2.10. The molecule has 1 unspecified atom stereocenters. The van der Waals surface area contributed by atoms with Crippen LogP contribution in [-0.4, -0.2) is 60.6 Å². The van der Waals surface area contributed by atoms with Crippen molar-refractivity contribution in [1.29, 1.82) is 0 Å². The number of benzene rings is 1. The van der Waals surface area contributed by atoms with E-state index in [0.29, 0.717) is 12.3 Å². The molecule has 9 heteroatoms. The van der Waals surface area contributed by atoms with Crippen LogP contribution in [0.3, 0.4) is 0 Å². The van der Waals surface area contributed by atoms with Gasteiger partial charge in [-0.05, 0) is 102 Å². The number of rotatable bonds is 24. The number of allylic oxidation sites excluding steroid dienone is 2. The molecule has 2 N–H and O–H groups in total. The van der Waals surface area contributed by atoms with Crippen LogP contribution in [0.15, 0.2) is 54.5 Å². The zero-order valence-electron chi connectivity index (χ0n) is 30.3. The minimum absolute atomic E-state index is 0.119. The van der Waals surface area contributed by atoms with Gasteiger partial charge in [-0.1, -0.05) is 76.9 Å². The summed E-state index contributed by atoms with van der Waals surface area (Å²) in [5, 5.41) is 0. The molecule has 276 valence electrons. The van der Waals surface area contributed by atoms with E-state index in [1.54, 1.807) is 6.08 Å². The average molecular weight is 698 g/mol. The fourth-order valence-electron chi connectivity index (χ4n) is 5.29. The van der Waals surface area contributed by atoms with Crippen molar-refractivity contribution in [3.63, 3.8) is 0 Å². The molecular formula is C39H66F3N3O2S. The third-order valence-corrected chi connectivity index (χ3v) is 9.41. The second-order valence-electron chi connectivity index (χ2n) is 12.7. The van der Waals surface area contributed by atoms with E-state index in [1.165, 1.54) is 113 Å². The van der Waals surface area contributed by atoms with Crippen LogP contribution in [0.4, 0.5) is 13.2 Å². The number of carbonyl (C=O) groups is 2. The van der Waals surface area contributed by atoms with E-state index in [2.05, 4.69) is 32.0 Å². The third-order valence-electron chi connectivity index (χ3n) is 8.17. The first-order valence-corrected chi connectivity index (χ1v) is 19.2. The van der Waals surface area contributed by atoms with Gasteiger partial charge in [0.15, 0.2) is 0 Å². The molecule has 1 aromatic carbocycles. The fourth-order valence-corrected chi connectivity index (χ4v) is 6.32. The van der Waals surface area contributed by atoms with E-state index >= 15 is 0 Å². The molecule has 1 atom stereocenters. The van der Waals surface area contributed by atoms with Crippen LogP contribution < -0.4 is 5.73 Å². The second kappa shape index (κ2) is 29.8. The molecule has 0 aromatic heterocycles. The van der Waals surface area contributed by atoms with Crippen LogP contribution in [0.25, 0.3) is 0 Å². The van der Waals surface area contributed by atoms with Crippen molar-refractivity contribution in [1.82, 2.24) is 9.80 Å². The number of carbonyl (C=O) groups excluding carboxylic acids is 2. The molecular weight excluding hydrogens is 632 g/mol. The fraction of sp³-hybridized carbons (Fsp3) is 0.692. The van der Waals surface area contributed by atoms with Crippen LogP contribution >= 0.6 is 11.8 Å². The smallest absolute Gasteiger partial charge is 0.330 e. The minimum Gasteiger partial charge on any atom is -0.330 e. The summed E-state index contributed by atoms with van der Waals surface area (Å²) in [4.78, 5) is 28.3. The van der Waals surface area contributed by atoms with Gasteiger partial charge in [-0.3, -0.25) is 14.5 Å². The number of hydrogen-bond donors (Lipinski definition) is 1. The zero-order valence-corrected chi connectivity index (χ0v) is 31.2. The molecule has 0 radical (unpaired) electrons. The molecule has 0 bridgehead atoms. The molecule has 0 aliphatic carbocycles. The lowest BCUT2D eigenvalue weighted by molar-refractivity contribution is -0.139. The van der Waals surface area contributed by atoms with E-state index in [1.807, 2.05) is 13.0 Å². The molecule has 2 rings (SSSR count). The van der Waals surface area contributed by atoms with Crippen molar-refractivity contribution in [3.05, 3.63) is 55.1 Å². The molecule has 48 heavy (non-hydrogen) atoms. The summed E-state index contributed by atoms with van der Waals surface area (Å²) in [5.74, 6) is 0.510. The van der Waals surface area contributed by atoms with E-state index in [4.69, 9.17) is 5.73 Å². The summed E-state index contributed by atoms with van der Waals surface area (Å²) >= 11 is 1.46. The number of alkyl halides is 3. The lowest BCUT2D eigenvalue weighted by Crippen LogP contribution is -2.34. The third kappa shape index (κ3) is 24.1. The zero-order chi connectivity index (χ0) is 36.0. The monoisotopic (exact) mass is 697 g/mol. The molecule has 0 saturated carbocycles. The van der Waals surface area contributed by atoms with Crippen LogP contribution in [0.2, 0.25) is 0 Å². The standard InChI is InChI=1S/C20H24F3NO2S.C16H36N2.C3H6/c1-2-3-4-5-6-15(13-24-18(25)11-12-19(24)26)14-27-17-9-7-16(8-10-17)20(21,22)23;1-3-4-15-18(2)16-13-11-9-7-5-6-8-10-12-14-17;1-3-2/h2,7-10,15H,1,3-6,11-14H2;3-17H2,1-2H3;3H,1H2,2H3. The average Bonchev–Trinajstić information content (AvgIpc) is 3.38. The highest BCUT2D eigenvalue weighted by atomic mass is 32.2. The van der Waals surface area contributed by atoms with Gasteiger partial charge in [0.1, 0.15) is 0 Å². The number of hydrogen-bond acceptors (Lipinski definition) is 5. The first kappa shape index (κ1) is 45.9. The van der Waals surface area contributed by atoms with Crippen molar-refractivity contribution in [2.24, 2.45) is 11.7 Å². The molecule has 2 amide bonds.